The number of amides is 1. The molecule has 1 aromatic rings. The van der Waals surface area contributed by atoms with Crippen LogP contribution in [-0.4, -0.2) is 35.1 Å². The Bertz CT molecular complexity index is 415. The molecular weight excluding hydrogens is 313 g/mol. The van der Waals surface area contributed by atoms with Crippen molar-refractivity contribution in [2.75, 3.05) is 13.1 Å². The van der Waals surface area contributed by atoms with Crippen LogP contribution in [0.2, 0.25) is 0 Å². The molecule has 7 heteroatoms. The van der Waals surface area contributed by atoms with Gasteiger partial charge in [0.15, 0.2) is 0 Å². The van der Waals surface area contributed by atoms with E-state index in [0.717, 1.165) is 4.90 Å². The number of aromatic nitrogens is 1. The summed E-state index contributed by atoms with van der Waals surface area (Å²) in [6.45, 7) is 2.36. The molecule has 0 fully saturated rings. The lowest BCUT2D eigenvalue weighted by atomic mass is 10.2. The minimum atomic E-state index is -4.39. The summed E-state index contributed by atoms with van der Waals surface area (Å²) in [5.41, 5.74) is 0.145. The fourth-order valence-corrected chi connectivity index (χ4v) is 1.88. The molecule has 1 N–H and O–H groups in total. The summed E-state index contributed by atoms with van der Waals surface area (Å²) in [5.74, 6) is -0.679. The summed E-state index contributed by atoms with van der Waals surface area (Å²) in [6.07, 6.45) is -2.89. The normalized spacial score (nSPS) is 11.9. The Kier molecular flexibility index (Phi) is 4.84. The van der Waals surface area contributed by atoms with Gasteiger partial charge in [0.25, 0.3) is 5.91 Å². The van der Waals surface area contributed by atoms with Crippen molar-refractivity contribution in [1.29, 1.82) is 0 Å². The molecule has 18 heavy (non-hydrogen) atoms. The Morgan fingerprint density at radius 2 is 2.11 bits per heavy atom. The number of H-pyrrole nitrogens is 1. The van der Waals surface area contributed by atoms with Crippen LogP contribution in [0.3, 0.4) is 0 Å². The smallest absolute Gasteiger partial charge is 0.356 e. The van der Waals surface area contributed by atoms with E-state index in [-0.39, 0.29) is 18.2 Å². The zero-order valence-corrected chi connectivity index (χ0v) is 11.6. The van der Waals surface area contributed by atoms with Gasteiger partial charge in [-0.3, -0.25) is 4.79 Å². The van der Waals surface area contributed by atoms with E-state index in [0.29, 0.717) is 4.47 Å². The van der Waals surface area contributed by atoms with Gasteiger partial charge in [0.2, 0.25) is 0 Å². The fraction of sp³-hybridized carbons (Fsp3) is 0.545. The predicted octanol–water partition coefficient (Wildman–Crippen LogP) is 3.44. The molecule has 0 bridgehead atoms. The Morgan fingerprint density at radius 1 is 1.50 bits per heavy atom. The third-order valence-corrected chi connectivity index (χ3v) is 2.58. The van der Waals surface area contributed by atoms with Crippen LogP contribution in [0.1, 0.15) is 24.3 Å². The molecule has 1 heterocycles. The summed E-state index contributed by atoms with van der Waals surface area (Å²) in [6, 6.07) is 1.46. The van der Waals surface area contributed by atoms with Crippen molar-refractivity contribution < 1.29 is 18.0 Å². The Labute approximate surface area is 111 Å². The largest absolute Gasteiger partial charge is 0.406 e. The molecule has 0 radical (unpaired) electrons. The van der Waals surface area contributed by atoms with Crippen LogP contribution in [0.4, 0.5) is 13.2 Å². The number of hydrogen-bond acceptors (Lipinski definition) is 1. The maximum absolute atomic E-state index is 12.4. The predicted molar refractivity (Wildman–Crippen MR) is 65.3 cm³/mol. The Morgan fingerprint density at radius 3 is 2.50 bits per heavy atom. The highest BCUT2D eigenvalue weighted by molar-refractivity contribution is 9.10. The molecule has 0 saturated carbocycles. The van der Waals surface area contributed by atoms with Crippen LogP contribution in [0.5, 0.6) is 0 Å². The first-order valence-corrected chi connectivity index (χ1v) is 6.18. The van der Waals surface area contributed by atoms with Crippen molar-refractivity contribution in [1.82, 2.24) is 9.88 Å². The molecular formula is C11H14BrF3N2O. The first-order chi connectivity index (χ1) is 8.19. The minimum Gasteiger partial charge on any atom is -0.356 e. The highest BCUT2D eigenvalue weighted by atomic mass is 79.9. The summed E-state index contributed by atoms with van der Waals surface area (Å²) in [4.78, 5) is 15.4. The molecule has 3 nitrogen and oxygen atoms in total. The molecule has 0 aliphatic heterocycles. The van der Waals surface area contributed by atoms with Gasteiger partial charge in [-0.25, -0.2) is 0 Å². The van der Waals surface area contributed by atoms with Crippen molar-refractivity contribution >= 4 is 21.8 Å². The zero-order chi connectivity index (χ0) is 13.9. The van der Waals surface area contributed by atoms with Gasteiger partial charge in [0, 0.05) is 17.2 Å². The van der Waals surface area contributed by atoms with Gasteiger partial charge in [-0.1, -0.05) is 13.8 Å². The number of rotatable bonds is 4. The van der Waals surface area contributed by atoms with E-state index in [1.807, 2.05) is 0 Å². The number of hydrogen-bond donors (Lipinski definition) is 1. The quantitative estimate of drug-likeness (QED) is 0.904. The topological polar surface area (TPSA) is 36.1 Å². The average Bonchev–Trinajstić information content (AvgIpc) is 2.59. The van der Waals surface area contributed by atoms with E-state index in [1.54, 1.807) is 13.8 Å². The molecule has 0 aliphatic carbocycles. The lowest BCUT2D eigenvalue weighted by molar-refractivity contribution is -0.141. The van der Waals surface area contributed by atoms with E-state index in [4.69, 9.17) is 0 Å². The van der Waals surface area contributed by atoms with Gasteiger partial charge < -0.3 is 9.88 Å². The van der Waals surface area contributed by atoms with Gasteiger partial charge >= 0.3 is 6.18 Å². The van der Waals surface area contributed by atoms with Gasteiger partial charge in [0.05, 0.1) is 0 Å². The second-order valence-electron chi connectivity index (χ2n) is 4.43. The van der Waals surface area contributed by atoms with Gasteiger partial charge in [-0.2, -0.15) is 13.2 Å². The third-order valence-electron chi connectivity index (χ3n) is 2.12. The SMILES string of the molecule is CC(C)CN(CC(F)(F)F)C(=O)c1cc(Br)c[nH]1. The zero-order valence-electron chi connectivity index (χ0n) is 10.0. The number of carbonyl (C=O) groups is 1. The maximum Gasteiger partial charge on any atom is 0.406 e. The third kappa shape index (κ3) is 4.72. The van der Waals surface area contributed by atoms with Gasteiger partial charge in [-0.05, 0) is 27.9 Å². The van der Waals surface area contributed by atoms with E-state index in [9.17, 15) is 18.0 Å². The molecule has 0 atom stereocenters. The molecule has 1 aromatic heterocycles. The van der Waals surface area contributed by atoms with Gasteiger partial charge in [0.1, 0.15) is 12.2 Å². The Balaban J connectivity index is 2.85. The van der Waals surface area contributed by atoms with Crippen molar-refractivity contribution in [3.8, 4) is 0 Å². The number of alkyl halides is 3. The average molecular weight is 327 g/mol. The maximum atomic E-state index is 12.4. The van der Waals surface area contributed by atoms with E-state index in [2.05, 4.69) is 20.9 Å². The molecule has 0 saturated heterocycles. The number of aromatic amines is 1. The monoisotopic (exact) mass is 326 g/mol. The van der Waals surface area contributed by atoms with Gasteiger partial charge in [-0.15, -0.1) is 0 Å². The van der Waals surface area contributed by atoms with Crippen molar-refractivity contribution in [2.24, 2.45) is 5.92 Å². The van der Waals surface area contributed by atoms with E-state index >= 15 is 0 Å². The Hall–Kier alpha value is -0.980. The fourth-order valence-electron chi connectivity index (χ4n) is 1.54. The number of carbonyl (C=O) groups excluding carboxylic acids is 1. The number of halogens is 4. The van der Waals surface area contributed by atoms with E-state index in [1.165, 1.54) is 12.3 Å². The summed E-state index contributed by atoms with van der Waals surface area (Å²) < 4.78 is 37.9. The molecule has 0 aliphatic rings. The molecule has 102 valence electrons. The first kappa shape index (κ1) is 15.1. The van der Waals surface area contributed by atoms with Crippen molar-refractivity contribution in [3.63, 3.8) is 0 Å². The summed E-state index contributed by atoms with van der Waals surface area (Å²) in [7, 11) is 0. The number of nitrogens with zero attached hydrogens (tertiary/aromatic N) is 1. The first-order valence-electron chi connectivity index (χ1n) is 5.39. The van der Waals surface area contributed by atoms with Crippen LogP contribution in [0.15, 0.2) is 16.7 Å². The van der Waals surface area contributed by atoms with Crippen LogP contribution in [0.25, 0.3) is 0 Å². The second kappa shape index (κ2) is 5.77. The lowest BCUT2D eigenvalue weighted by Crippen LogP contribution is -2.41. The lowest BCUT2D eigenvalue weighted by Gasteiger charge is -2.25. The summed E-state index contributed by atoms with van der Waals surface area (Å²) in [5, 5.41) is 0. The highest BCUT2D eigenvalue weighted by Crippen LogP contribution is 2.20. The molecule has 1 amide bonds. The minimum absolute atomic E-state index is 0.0327. The summed E-state index contributed by atoms with van der Waals surface area (Å²) >= 11 is 3.14. The van der Waals surface area contributed by atoms with Crippen LogP contribution < -0.4 is 0 Å². The van der Waals surface area contributed by atoms with Crippen LogP contribution >= 0.6 is 15.9 Å². The molecule has 1 rings (SSSR count). The van der Waals surface area contributed by atoms with Crippen LogP contribution in [0, 0.1) is 5.92 Å². The van der Waals surface area contributed by atoms with E-state index < -0.39 is 18.6 Å². The highest BCUT2D eigenvalue weighted by Gasteiger charge is 2.33. The standard InChI is InChI=1S/C11H14BrF3N2O/c1-7(2)5-17(6-11(13,14)15)10(18)9-3-8(12)4-16-9/h3-4,7,16H,5-6H2,1-2H3. The van der Waals surface area contributed by atoms with Crippen molar-refractivity contribution in [2.45, 2.75) is 20.0 Å². The molecule has 0 spiro atoms. The molecule has 0 aromatic carbocycles. The molecule has 0 unspecified atom stereocenters. The van der Waals surface area contributed by atoms with Crippen molar-refractivity contribution in [3.05, 3.63) is 22.4 Å². The second-order valence-corrected chi connectivity index (χ2v) is 5.34. The van der Waals surface area contributed by atoms with Crippen LogP contribution in [-0.2, 0) is 0 Å². The number of nitrogens with one attached hydrogen (secondary N) is 1.